The number of H-pyrrole nitrogens is 1. The molecule has 0 spiro atoms. The molecule has 0 radical (unpaired) electrons. The van der Waals surface area contributed by atoms with E-state index in [0.717, 1.165) is 16.6 Å². The minimum Gasteiger partial charge on any atom is -0.376 e. The number of methoxy groups -OCH3 is 2. The monoisotopic (exact) mass is 235 g/mol. The molecular weight excluding hydrogens is 218 g/mol. The second kappa shape index (κ2) is 5.16. The summed E-state index contributed by atoms with van der Waals surface area (Å²) in [6, 6.07) is 6.04. The summed E-state index contributed by atoms with van der Waals surface area (Å²) in [7, 11) is 3.26. The quantitative estimate of drug-likeness (QED) is 0.778. The standard InChI is InChI=1S/C12H17N3O2/c1-8(12(16-2)17-3)14-10-6-4-5-9-7-13-15-11(9)10/h4-8,12,14H,1-3H3,(H,13,15). The Morgan fingerprint density at radius 1 is 1.29 bits per heavy atom. The molecule has 0 bridgehead atoms. The Bertz CT molecular complexity index is 479. The van der Waals surface area contributed by atoms with Gasteiger partial charge in [0.2, 0.25) is 0 Å². The molecule has 0 amide bonds. The summed E-state index contributed by atoms with van der Waals surface area (Å²) >= 11 is 0. The van der Waals surface area contributed by atoms with Crippen LogP contribution in [0.25, 0.3) is 10.9 Å². The lowest BCUT2D eigenvalue weighted by Gasteiger charge is -2.23. The van der Waals surface area contributed by atoms with Gasteiger partial charge in [-0.3, -0.25) is 5.10 Å². The van der Waals surface area contributed by atoms with Crippen molar-refractivity contribution in [3.8, 4) is 0 Å². The molecule has 5 heteroatoms. The van der Waals surface area contributed by atoms with Crippen LogP contribution in [0.3, 0.4) is 0 Å². The molecule has 0 aliphatic heterocycles. The van der Waals surface area contributed by atoms with Gasteiger partial charge in [-0.25, -0.2) is 0 Å². The van der Waals surface area contributed by atoms with Crippen LogP contribution in [0.4, 0.5) is 5.69 Å². The van der Waals surface area contributed by atoms with Crippen LogP contribution < -0.4 is 5.32 Å². The van der Waals surface area contributed by atoms with E-state index in [-0.39, 0.29) is 12.3 Å². The van der Waals surface area contributed by atoms with Crippen molar-refractivity contribution in [3.05, 3.63) is 24.4 Å². The van der Waals surface area contributed by atoms with Crippen molar-refractivity contribution in [1.82, 2.24) is 10.2 Å². The zero-order valence-corrected chi connectivity index (χ0v) is 10.2. The predicted octanol–water partition coefficient (Wildman–Crippen LogP) is 1.98. The van der Waals surface area contributed by atoms with E-state index < -0.39 is 0 Å². The van der Waals surface area contributed by atoms with Gasteiger partial charge >= 0.3 is 0 Å². The molecule has 2 N–H and O–H groups in total. The molecule has 92 valence electrons. The molecule has 17 heavy (non-hydrogen) atoms. The number of ether oxygens (including phenoxy) is 2. The van der Waals surface area contributed by atoms with Gasteiger partial charge in [0, 0.05) is 19.6 Å². The maximum absolute atomic E-state index is 5.22. The molecule has 2 aromatic rings. The van der Waals surface area contributed by atoms with Crippen LogP contribution >= 0.6 is 0 Å². The highest BCUT2D eigenvalue weighted by atomic mass is 16.7. The minimum absolute atomic E-state index is 0.0406. The first-order chi connectivity index (χ1) is 8.26. The second-order valence-electron chi connectivity index (χ2n) is 3.91. The summed E-state index contributed by atoms with van der Waals surface area (Å²) in [4.78, 5) is 0. The predicted molar refractivity (Wildman–Crippen MR) is 67.0 cm³/mol. The number of hydrogen-bond donors (Lipinski definition) is 2. The van der Waals surface area contributed by atoms with Gasteiger partial charge in [0.25, 0.3) is 0 Å². The number of fused-ring (bicyclic) bond motifs is 1. The highest BCUT2D eigenvalue weighted by Gasteiger charge is 2.16. The van der Waals surface area contributed by atoms with Gasteiger partial charge in [0.15, 0.2) is 6.29 Å². The first-order valence-corrected chi connectivity index (χ1v) is 5.50. The fourth-order valence-corrected chi connectivity index (χ4v) is 1.91. The second-order valence-corrected chi connectivity index (χ2v) is 3.91. The van der Waals surface area contributed by atoms with Gasteiger partial charge in [-0.05, 0) is 13.0 Å². The largest absolute Gasteiger partial charge is 0.376 e. The number of aromatic amines is 1. The Kier molecular flexibility index (Phi) is 3.61. The van der Waals surface area contributed by atoms with Crippen molar-refractivity contribution >= 4 is 16.6 Å². The summed E-state index contributed by atoms with van der Waals surface area (Å²) in [5.41, 5.74) is 1.98. The lowest BCUT2D eigenvalue weighted by Crippen LogP contribution is -2.33. The van der Waals surface area contributed by atoms with Gasteiger partial charge in [0.05, 0.1) is 23.4 Å². The maximum atomic E-state index is 5.22. The molecule has 1 aromatic carbocycles. The summed E-state index contributed by atoms with van der Waals surface area (Å²) in [5, 5.41) is 11.4. The van der Waals surface area contributed by atoms with Crippen LogP contribution in [0.2, 0.25) is 0 Å². The molecule has 0 aliphatic rings. The zero-order chi connectivity index (χ0) is 12.3. The van der Waals surface area contributed by atoms with Crippen LogP contribution in [-0.4, -0.2) is 36.7 Å². The Morgan fingerprint density at radius 2 is 2.06 bits per heavy atom. The number of benzene rings is 1. The highest BCUT2D eigenvalue weighted by molar-refractivity contribution is 5.89. The van der Waals surface area contributed by atoms with Gasteiger partial charge < -0.3 is 14.8 Å². The van der Waals surface area contributed by atoms with E-state index in [2.05, 4.69) is 15.5 Å². The van der Waals surface area contributed by atoms with Crippen LogP contribution in [0.5, 0.6) is 0 Å². The molecule has 1 aromatic heterocycles. The number of aromatic nitrogens is 2. The summed E-state index contributed by atoms with van der Waals surface area (Å²) in [5.74, 6) is 0. The van der Waals surface area contributed by atoms with Crippen molar-refractivity contribution in [2.45, 2.75) is 19.3 Å². The average molecular weight is 235 g/mol. The zero-order valence-electron chi connectivity index (χ0n) is 10.2. The van der Waals surface area contributed by atoms with E-state index in [9.17, 15) is 0 Å². The SMILES string of the molecule is COC(OC)C(C)Nc1cccc2cn[nH]c12. The number of nitrogens with one attached hydrogen (secondary N) is 2. The molecule has 1 heterocycles. The third-order valence-corrected chi connectivity index (χ3v) is 2.73. The number of nitrogens with zero attached hydrogens (tertiary/aromatic N) is 1. The molecule has 1 unspecified atom stereocenters. The molecule has 5 nitrogen and oxygen atoms in total. The van der Waals surface area contributed by atoms with Crippen LogP contribution in [-0.2, 0) is 9.47 Å². The normalized spacial score (nSPS) is 13.2. The number of hydrogen-bond acceptors (Lipinski definition) is 4. The molecule has 0 aliphatic carbocycles. The number of rotatable bonds is 5. The molecule has 0 saturated carbocycles. The van der Waals surface area contributed by atoms with E-state index in [1.807, 2.05) is 25.1 Å². The van der Waals surface area contributed by atoms with E-state index in [0.29, 0.717) is 0 Å². The average Bonchev–Trinajstić information content (AvgIpc) is 2.80. The van der Waals surface area contributed by atoms with Crippen molar-refractivity contribution in [2.75, 3.05) is 19.5 Å². The lowest BCUT2D eigenvalue weighted by atomic mass is 10.2. The van der Waals surface area contributed by atoms with Crippen LogP contribution in [0.15, 0.2) is 24.4 Å². The Hall–Kier alpha value is -1.59. The fourth-order valence-electron chi connectivity index (χ4n) is 1.91. The van der Waals surface area contributed by atoms with E-state index in [1.165, 1.54) is 0 Å². The molecular formula is C12H17N3O2. The fraction of sp³-hybridized carbons (Fsp3) is 0.417. The maximum Gasteiger partial charge on any atom is 0.176 e. The minimum atomic E-state index is -0.284. The van der Waals surface area contributed by atoms with Crippen molar-refractivity contribution in [1.29, 1.82) is 0 Å². The van der Waals surface area contributed by atoms with Gasteiger partial charge in [-0.1, -0.05) is 12.1 Å². The van der Waals surface area contributed by atoms with Crippen molar-refractivity contribution in [3.63, 3.8) is 0 Å². The first-order valence-electron chi connectivity index (χ1n) is 5.50. The molecule has 0 saturated heterocycles. The van der Waals surface area contributed by atoms with E-state index in [1.54, 1.807) is 20.4 Å². The lowest BCUT2D eigenvalue weighted by molar-refractivity contribution is -0.109. The van der Waals surface area contributed by atoms with Crippen LogP contribution in [0, 0.1) is 0 Å². The summed E-state index contributed by atoms with van der Waals surface area (Å²) in [6.45, 7) is 2.01. The van der Waals surface area contributed by atoms with E-state index in [4.69, 9.17) is 9.47 Å². The topological polar surface area (TPSA) is 59.2 Å². The Labute approximate surface area is 100 Å². The molecule has 2 rings (SSSR count). The highest BCUT2D eigenvalue weighted by Crippen LogP contribution is 2.21. The first kappa shape index (κ1) is 11.9. The smallest absolute Gasteiger partial charge is 0.176 e. The Morgan fingerprint density at radius 3 is 2.76 bits per heavy atom. The Balaban J connectivity index is 2.20. The summed E-state index contributed by atoms with van der Waals surface area (Å²) < 4.78 is 10.4. The number of anilines is 1. The van der Waals surface area contributed by atoms with Gasteiger partial charge in [-0.15, -0.1) is 0 Å². The summed E-state index contributed by atoms with van der Waals surface area (Å²) in [6.07, 6.45) is 1.52. The molecule has 1 atom stereocenters. The van der Waals surface area contributed by atoms with Crippen molar-refractivity contribution < 1.29 is 9.47 Å². The van der Waals surface area contributed by atoms with Crippen LogP contribution in [0.1, 0.15) is 6.92 Å². The third-order valence-electron chi connectivity index (χ3n) is 2.73. The van der Waals surface area contributed by atoms with Crippen molar-refractivity contribution in [2.24, 2.45) is 0 Å². The number of para-hydroxylation sites is 1. The molecule has 0 fully saturated rings. The van der Waals surface area contributed by atoms with Gasteiger partial charge in [-0.2, -0.15) is 5.10 Å². The van der Waals surface area contributed by atoms with E-state index >= 15 is 0 Å². The van der Waals surface area contributed by atoms with Gasteiger partial charge in [0.1, 0.15) is 0 Å². The third kappa shape index (κ3) is 2.40.